The molecule has 2 heterocycles. The zero-order valence-corrected chi connectivity index (χ0v) is 9.00. The summed E-state index contributed by atoms with van der Waals surface area (Å²) in [4.78, 5) is 4.45. The third-order valence-corrected chi connectivity index (χ3v) is 2.75. The molecule has 78 valence electrons. The Morgan fingerprint density at radius 1 is 1.53 bits per heavy atom. The van der Waals surface area contributed by atoms with Crippen molar-refractivity contribution in [1.82, 2.24) is 9.38 Å². The third-order valence-electron chi connectivity index (χ3n) is 2.03. The molecular formula is C10H12N4S. The number of pyridine rings is 1. The first-order valence-electron chi connectivity index (χ1n) is 4.65. The maximum absolute atomic E-state index is 7.08. The molecule has 0 aliphatic heterocycles. The Morgan fingerprint density at radius 2 is 2.40 bits per heavy atom. The van der Waals surface area contributed by atoms with Crippen LogP contribution < -0.4 is 5.73 Å². The number of aryl methyl sites for hydroxylation is 1. The number of rotatable bonds is 3. The second kappa shape index (κ2) is 4.35. The monoisotopic (exact) mass is 220 g/mol. The van der Waals surface area contributed by atoms with E-state index in [4.69, 9.17) is 11.1 Å². The van der Waals surface area contributed by atoms with E-state index in [1.165, 1.54) is 11.8 Å². The molecular weight excluding hydrogens is 208 g/mol. The highest BCUT2D eigenvalue weighted by Gasteiger charge is 2.00. The number of imidazole rings is 1. The van der Waals surface area contributed by atoms with Crippen molar-refractivity contribution >= 4 is 22.6 Å². The molecule has 0 unspecified atom stereocenters. The Bertz CT molecular complexity index is 444. The summed E-state index contributed by atoms with van der Waals surface area (Å²) in [6.45, 7) is 0. The summed E-state index contributed by atoms with van der Waals surface area (Å²) in [5, 5.41) is 7.25. The van der Waals surface area contributed by atoms with Crippen LogP contribution in [0.15, 0.2) is 30.6 Å². The van der Waals surface area contributed by atoms with E-state index in [1.54, 1.807) is 0 Å². The first kappa shape index (κ1) is 10.0. The van der Waals surface area contributed by atoms with E-state index in [1.807, 2.05) is 35.0 Å². The van der Waals surface area contributed by atoms with E-state index < -0.39 is 0 Å². The van der Waals surface area contributed by atoms with Crippen LogP contribution in [0.1, 0.15) is 5.69 Å². The van der Waals surface area contributed by atoms with Gasteiger partial charge in [-0.3, -0.25) is 5.41 Å². The van der Waals surface area contributed by atoms with Crippen LogP contribution >= 0.6 is 11.8 Å². The van der Waals surface area contributed by atoms with E-state index in [0.29, 0.717) is 0 Å². The molecule has 2 rings (SSSR count). The third kappa shape index (κ3) is 2.50. The molecule has 0 saturated carbocycles. The molecule has 15 heavy (non-hydrogen) atoms. The van der Waals surface area contributed by atoms with Crippen molar-refractivity contribution in [3.05, 3.63) is 36.3 Å². The van der Waals surface area contributed by atoms with Crippen molar-refractivity contribution in [3.8, 4) is 0 Å². The van der Waals surface area contributed by atoms with E-state index >= 15 is 0 Å². The summed E-state index contributed by atoms with van der Waals surface area (Å²) < 4.78 is 1.99. The quantitative estimate of drug-likeness (QED) is 0.608. The lowest BCUT2D eigenvalue weighted by molar-refractivity contribution is 1.08. The zero-order valence-electron chi connectivity index (χ0n) is 8.18. The van der Waals surface area contributed by atoms with Gasteiger partial charge in [0.05, 0.1) is 5.69 Å². The summed E-state index contributed by atoms with van der Waals surface area (Å²) >= 11 is 1.35. The molecule has 3 N–H and O–H groups in total. The Labute approximate surface area is 92.0 Å². The zero-order chi connectivity index (χ0) is 10.7. The van der Waals surface area contributed by atoms with Crippen molar-refractivity contribution in [2.24, 2.45) is 5.73 Å². The van der Waals surface area contributed by atoms with Crippen molar-refractivity contribution < 1.29 is 0 Å². The molecule has 0 amide bonds. The molecule has 2 aromatic rings. The number of nitrogens with zero attached hydrogens (tertiary/aromatic N) is 2. The number of hydrogen-bond donors (Lipinski definition) is 2. The minimum Gasteiger partial charge on any atom is -0.379 e. The average molecular weight is 220 g/mol. The molecule has 4 nitrogen and oxygen atoms in total. The fourth-order valence-corrected chi connectivity index (χ4v) is 1.90. The van der Waals surface area contributed by atoms with Gasteiger partial charge in [0, 0.05) is 24.6 Å². The molecule has 0 aromatic carbocycles. The van der Waals surface area contributed by atoms with Gasteiger partial charge in [0.15, 0.2) is 5.17 Å². The predicted octanol–water partition coefficient (Wildman–Crippen LogP) is 1.50. The SMILES string of the molecule is N=C(N)SCCc1cn2ccccc2n1. The van der Waals surface area contributed by atoms with Crippen molar-refractivity contribution in [1.29, 1.82) is 5.41 Å². The predicted molar refractivity (Wildman–Crippen MR) is 63.3 cm³/mol. The van der Waals surface area contributed by atoms with Crippen LogP contribution in [-0.2, 0) is 6.42 Å². The van der Waals surface area contributed by atoms with Gasteiger partial charge in [-0.1, -0.05) is 17.8 Å². The number of thioether (sulfide) groups is 1. The van der Waals surface area contributed by atoms with E-state index in [2.05, 4.69) is 4.98 Å². The minimum absolute atomic E-state index is 0.166. The largest absolute Gasteiger partial charge is 0.379 e. The molecule has 0 radical (unpaired) electrons. The number of fused-ring (bicyclic) bond motifs is 1. The molecule has 5 heteroatoms. The highest BCUT2D eigenvalue weighted by molar-refractivity contribution is 8.13. The lowest BCUT2D eigenvalue weighted by Gasteiger charge is -1.94. The van der Waals surface area contributed by atoms with E-state index in [0.717, 1.165) is 23.5 Å². The maximum Gasteiger partial charge on any atom is 0.151 e. The normalized spacial score (nSPS) is 10.7. The van der Waals surface area contributed by atoms with Gasteiger partial charge in [-0.15, -0.1) is 0 Å². The lowest BCUT2D eigenvalue weighted by atomic mass is 10.4. The van der Waals surface area contributed by atoms with Crippen LogP contribution in [0.3, 0.4) is 0 Å². The molecule has 0 aliphatic carbocycles. The second-order valence-corrected chi connectivity index (χ2v) is 4.30. The van der Waals surface area contributed by atoms with Gasteiger partial charge in [0.1, 0.15) is 5.65 Å². The van der Waals surface area contributed by atoms with Crippen LogP contribution in [0.5, 0.6) is 0 Å². The first-order valence-corrected chi connectivity index (χ1v) is 5.64. The number of amidine groups is 1. The van der Waals surface area contributed by atoms with Crippen molar-refractivity contribution in [2.75, 3.05) is 5.75 Å². The summed E-state index contributed by atoms with van der Waals surface area (Å²) in [6, 6.07) is 5.92. The topological polar surface area (TPSA) is 67.2 Å². The van der Waals surface area contributed by atoms with E-state index in [-0.39, 0.29) is 5.17 Å². The number of nitrogens with two attached hydrogens (primary N) is 1. The van der Waals surface area contributed by atoms with Gasteiger partial charge in [0.2, 0.25) is 0 Å². The highest BCUT2D eigenvalue weighted by atomic mass is 32.2. The summed E-state index contributed by atoms with van der Waals surface area (Å²) in [5.74, 6) is 0.805. The van der Waals surface area contributed by atoms with Gasteiger partial charge in [-0.05, 0) is 12.1 Å². The molecule has 0 spiro atoms. The van der Waals surface area contributed by atoms with Gasteiger partial charge in [0.25, 0.3) is 0 Å². The number of hydrogen-bond acceptors (Lipinski definition) is 3. The molecule has 0 bridgehead atoms. The Kier molecular flexibility index (Phi) is 2.91. The van der Waals surface area contributed by atoms with Crippen LogP contribution in [0.4, 0.5) is 0 Å². The molecule has 0 atom stereocenters. The van der Waals surface area contributed by atoms with Crippen LogP contribution in [-0.4, -0.2) is 20.3 Å². The molecule has 0 fully saturated rings. The fraction of sp³-hybridized carbons (Fsp3) is 0.200. The summed E-state index contributed by atoms with van der Waals surface area (Å²) in [7, 11) is 0. The van der Waals surface area contributed by atoms with Crippen molar-refractivity contribution in [2.45, 2.75) is 6.42 Å². The molecule has 0 saturated heterocycles. The molecule has 0 aliphatic rings. The van der Waals surface area contributed by atoms with Gasteiger partial charge >= 0.3 is 0 Å². The highest BCUT2D eigenvalue weighted by Crippen LogP contribution is 2.08. The van der Waals surface area contributed by atoms with Gasteiger partial charge < -0.3 is 10.1 Å². The average Bonchev–Trinajstić information content (AvgIpc) is 2.59. The minimum atomic E-state index is 0.166. The standard InChI is InChI=1S/C10H12N4S/c11-10(12)15-6-4-8-7-14-5-2-1-3-9(14)13-8/h1-3,5,7H,4,6H2,(H3,11,12). The summed E-state index contributed by atoms with van der Waals surface area (Å²) in [6.07, 6.45) is 4.83. The van der Waals surface area contributed by atoms with Crippen LogP contribution in [0.2, 0.25) is 0 Å². The first-order chi connectivity index (χ1) is 7.25. The van der Waals surface area contributed by atoms with Gasteiger partial charge in [-0.2, -0.15) is 0 Å². The Balaban J connectivity index is 2.05. The second-order valence-electron chi connectivity index (χ2n) is 3.16. The van der Waals surface area contributed by atoms with Crippen molar-refractivity contribution in [3.63, 3.8) is 0 Å². The Morgan fingerprint density at radius 3 is 3.13 bits per heavy atom. The van der Waals surface area contributed by atoms with Gasteiger partial charge in [-0.25, -0.2) is 4.98 Å². The maximum atomic E-state index is 7.08. The Hall–Kier alpha value is -1.49. The van der Waals surface area contributed by atoms with Crippen LogP contribution in [0.25, 0.3) is 5.65 Å². The summed E-state index contributed by atoms with van der Waals surface area (Å²) in [5.41, 5.74) is 7.25. The van der Waals surface area contributed by atoms with E-state index in [9.17, 15) is 0 Å². The number of nitrogens with one attached hydrogen (secondary N) is 1. The lowest BCUT2D eigenvalue weighted by Crippen LogP contribution is -2.05. The van der Waals surface area contributed by atoms with Crippen LogP contribution in [0, 0.1) is 5.41 Å². The molecule has 2 aromatic heterocycles. The fourth-order valence-electron chi connectivity index (χ4n) is 1.37. The number of aromatic nitrogens is 2. The smallest absolute Gasteiger partial charge is 0.151 e.